The van der Waals surface area contributed by atoms with Gasteiger partial charge in [0.1, 0.15) is 5.02 Å². The van der Waals surface area contributed by atoms with Crippen LogP contribution in [0, 0.1) is 0 Å². The van der Waals surface area contributed by atoms with Crippen LogP contribution in [0.4, 0.5) is 0 Å². The van der Waals surface area contributed by atoms with Gasteiger partial charge in [-0.1, -0.05) is 17.7 Å². The molecule has 1 aliphatic heterocycles. The molecule has 1 aliphatic rings. The third kappa shape index (κ3) is 2.19. The molecular weight excluding hydrogens is 228 g/mol. The lowest BCUT2D eigenvalue weighted by molar-refractivity contribution is 0.224. The van der Waals surface area contributed by atoms with Crippen LogP contribution in [0.5, 0.6) is 5.88 Å². The minimum absolute atomic E-state index is 0.380. The molecule has 0 amide bonds. The molecule has 5 heteroatoms. The van der Waals surface area contributed by atoms with Gasteiger partial charge in [-0.3, -0.25) is 0 Å². The number of aliphatic hydroxyl groups is 1. The average molecular weight is 241 g/mol. The summed E-state index contributed by atoms with van der Waals surface area (Å²) in [4.78, 5) is 4.25. The van der Waals surface area contributed by atoms with Crippen molar-refractivity contribution in [3.8, 4) is 5.88 Å². The first-order valence-corrected chi connectivity index (χ1v) is 5.40. The summed E-state index contributed by atoms with van der Waals surface area (Å²) in [7, 11) is 1.52. The molecule has 1 atom stereocenters. The fourth-order valence-electron chi connectivity index (χ4n) is 1.65. The molecule has 4 nitrogen and oxygen atoms in total. The number of rotatable bonds is 2. The van der Waals surface area contributed by atoms with Gasteiger partial charge >= 0.3 is 0 Å². The Hall–Kier alpha value is -1.10. The van der Waals surface area contributed by atoms with Crippen molar-refractivity contribution in [1.82, 2.24) is 10.3 Å². The van der Waals surface area contributed by atoms with Crippen molar-refractivity contribution in [3.63, 3.8) is 0 Å². The smallest absolute Gasteiger partial charge is 0.232 e. The van der Waals surface area contributed by atoms with Crippen LogP contribution in [-0.2, 0) is 0 Å². The zero-order valence-corrected chi connectivity index (χ0v) is 9.66. The predicted octanol–water partition coefficient (Wildman–Crippen LogP) is 1.09. The van der Waals surface area contributed by atoms with Crippen LogP contribution in [0.25, 0.3) is 5.57 Å². The van der Waals surface area contributed by atoms with Crippen molar-refractivity contribution in [2.75, 3.05) is 20.2 Å². The van der Waals surface area contributed by atoms with Gasteiger partial charge in [0.25, 0.3) is 0 Å². The van der Waals surface area contributed by atoms with Crippen LogP contribution in [0.3, 0.4) is 0 Å². The van der Waals surface area contributed by atoms with Gasteiger partial charge in [-0.25, -0.2) is 4.98 Å². The van der Waals surface area contributed by atoms with Crippen LogP contribution in [0.2, 0.25) is 5.02 Å². The van der Waals surface area contributed by atoms with E-state index < -0.39 is 6.10 Å². The molecule has 86 valence electrons. The van der Waals surface area contributed by atoms with Crippen LogP contribution in [0.15, 0.2) is 18.2 Å². The SMILES string of the molecule is COc1nc(C2=CCNC[C@@H]2O)ccc1Cl. The van der Waals surface area contributed by atoms with Crippen molar-refractivity contribution < 1.29 is 9.84 Å². The predicted molar refractivity (Wildman–Crippen MR) is 62.7 cm³/mol. The molecule has 0 aromatic carbocycles. The maximum Gasteiger partial charge on any atom is 0.232 e. The van der Waals surface area contributed by atoms with Gasteiger partial charge in [-0.2, -0.15) is 0 Å². The van der Waals surface area contributed by atoms with Crippen molar-refractivity contribution >= 4 is 17.2 Å². The summed E-state index contributed by atoms with van der Waals surface area (Å²) in [6, 6.07) is 3.50. The van der Waals surface area contributed by atoms with Gasteiger partial charge in [0, 0.05) is 18.7 Å². The number of nitrogens with zero attached hydrogens (tertiary/aromatic N) is 1. The van der Waals surface area contributed by atoms with Crippen LogP contribution in [0.1, 0.15) is 5.69 Å². The van der Waals surface area contributed by atoms with E-state index >= 15 is 0 Å². The monoisotopic (exact) mass is 240 g/mol. The third-order valence-electron chi connectivity index (χ3n) is 2.47. The molecule has 0 saturated carbocycles. The van der Waals surface area contributed by atoms with Gasteiger partial charge in [0.05, 0.1) is 18.9 Å². The highest BCUT2D eigenvalue weighted by atomic mass is 35.5. The van der Waals surface area contributed by atoms with Crippen LogP contribution < -0.4 is 10.1 Å². The van der Waals surface area contributed by atoms with Crippen molar-refractivity contribution in [1.29, 1.82) is 0 Å². The van der Waals surface area contributed by atoms with Gasteiger partial charge < -0.3 is 15.2 Å². The third-order valence-corrected chi connectivity index (χ3v) is 2.75. The number of hydrogen-bond acceptors (Lipinski definition) is 4. The van der Waals surface area contributed by atoms with Crippen molar-refractivity contribution in [3.05, 3.63) is 28.9 Å². The largest absolute Gasteiger partial charge is 0.480 e. The maximum absolute atomic E-state index is 9.81. The fourth-order valence-corrected chi connectivity index (χ4v) is 1.83. The fraction of sp³-hybridized carbons (Fsp3) is 0.364. The Morgan fingerprint density at radius 1 is 1.56 bits per heavy atom. The summed E-state index contributed by atoms with van der Waals surface area (Å²) < 4.78 is 5.04. The highest BCUT2D eigenvalue weighted by Gasteiger charge is 2.18. The van der Waals surface area contributed by atoms with E-state index in [-0.39, 0.29) is 0 Å². The summed E-state index contributed by atoms with van der Waals surface area (Å²) in [6.45, 7) is 1.28. The van der Waals surface area contributed by atoms with E-state index in [1.54, 1.807) is 12.1 Å². The topological polar surface area (TPSA) is 54.4 Å². The van der Waals surface area contributed by atoms with Crippen molar-refractivity contribution in [2.24, 2.45) is 0 Å². The first kappa shape index (κ1) is 11.4. The lowest BCUT2D eigenvalue weighted by Crippen LogP contribution is -2.32. The normalized spacial score (nSPS) is 20.4. The number of aliphatic hydroxyl groups excluding tert-OH is 1. The Balaban J connectivity index is 2.36. The molecule has 0 fully saturated rings. The molecule has 1 aromatic rings. The Morgan fingerprint density at radius 3 is 3.06 bits per heavy atom. The molecule has 2 heterocycles. The second-order valence-corrected chi connectivity index (χ2v) is 3.93. The maximum atomic E-state index is 9.81. The summed E-state index contributed by atoms with van der Waals surface area (Å²) in [6.07, 6.45) is 1.39. The van der Waals surface area contributed by atoms with E-state index in [0.717, 1.165) is 12.1 Å². The van der Waals surface area contributed by atoms with Crippen molar-refractivity contribution in [2.45, 2.75) is 6.10 Å². The molecular formula is C11H13ClN2O2. The standard InChI is InChI=1S/C11H13ClN2O2/c1-16-11-8(12)2-3-9(14-11)7-4-5-13-6-10(7)15/h2-4,10,13,15H,5-6H2,1H3/t10-/m0/s1. The molecule has 2 rings (SSSR count). The zero-order valence-electron chi connectivity index (χ0n) is 8.90. The Morgan fingerprint density at radius 2 is 2.38 bits per heavy atom. The van der Waals surface area contributed by atoms with E-state index in [4.69, 9.17) is 16.3 Å². The zero-order chi connectivity index (χ0) is 11.5. The number of methoxy groups -OCH3 is 1. The Labute approximate surface area is 98.9 Å². The summed E-state index contributed by atoms with van der Waals surface area (Å²) >= 11 is 5.89. The number of nitrogens with one attached hydrogen (secondary N) is 1. The molecule has 0 radical (unpaired) electrons. The number of pyridine rings is 1. The number of ether oxygens (including phenoxy) is 1. The van der Waals surface area contributed by atoms with E-state index in [1.165, 1.54) is 7.11 Å². The molecule has 0 unspecified atom stereocenters. The highest BCUT2D eigenvalue weighted by Crippen LogP contribution is 2.26. The second kappa shape index (κ2) is 4.82. The van der Waals surface area contributed by atoms with Crippen LogP contribution in [-0.4, -0.2) is 36.4 Å². The molecule has 0 spiro atoms. The number of halogens is 1. The minimum Gasteiger partial charge on any atom is -0.480 e. The van der Waals surface area contributed by atoms with Gasteiger partial charge in [0.2, 0.25) is 5.88 Å². The van der Waals surface area contributed by atoms with Crippen LogP contribution >= 0.6 is 11.6 Å². The van der Waals surface area contributed by atoms with E-state index in [9.17, 15) is 5.11 Å². The van der Waals surface area contributed by atoms with Gasteiger partial charge in [0.15, 0.2) is 0 Å². The summed E-state index contributed by atoms with van der Waals surface area (Å²) in [5.74, 6) is 0.380. The summed E-state index contributed by atoms with van der Waals surface area (Å²) in [5.41, 5.74) is 1.52. The Kier molecular flexibility index (Phi) is 3.43. The lowest BCUT2D eigenvalue weighted by atomic mass is 10.0. The number of β-amino-alcohol motifs (C(OH)–C–C–N with tert-alkyl or cyclic N) is 1. The van der Waals surface area contributed by atoms with Gasteiger partial charge in [-0.05, 0) is 12.1 Å². The molecule has 2 N–H and O–H groups in total. The first-order chi connectivity index (χ1) is 7.72. The van der Waals surface area contributed by atoms with Gasteiger partial charge in [-0.15, -0.1) is 0 Å². The number of aromatic nitrogens is 1. The molecule has 16 heavy (non-hydrogen) atoms. The number of hydrogen-bond donors (Lipinski definition) is 2. The van der Waals surface area contributed by atoms with E-state index in [2.05, 4.69) is 10.3 Å². The Bertz CT molecular complexity index is 420. The second-order valence-electron chi connectivity index (χ2n) is 3.52. The first-order valence-electron chi connectivity index (χ1n) is 5.02. The average Bonchev–Trinajstić information content (AvgIpc) is 2.31. The van der Waals surface area contributed by atoms with E-state index in [1.807, 2.05) is 6.08 Å². The highest BCUT2D eigenvalue weighted by molar-refractivity contribution is 6.31. The molecule has 1 aromatic heterocycles. The molecule has 0 bridgehead atoms. The lowest BCUT2D eigenvalue weighted by Gasteiger charge is -2.20. The summed E-state index contributed by atoms with van der Waals surface area (Å²) in [5, 5.41) is 13.3. The minimum atomic E-state index is -0.535. The molecule has 0 aliphatic carbocycles. The van der Waals surface area contributed by atoms with E-state index in [0.29, 0.717) is 23.1 Å². The quantitative estimate of drug-likeness (QED) is 0.813. The molecule has 0 saturated heterocycles.